The molecule has 8 heteroatoms. The van der Waals surface area contributed by atoms with E-state index in [1.807, 2.05) is 31.2 Å². The summed E-state index contributed by atoms with van der Waals surface area (Å²) in [5.74, 6) is -0.398. The van der Waals surface area contributed by atoms with Crippen LogP contribution in [-0.4, -0.2) is 62.4 Å². The van der Waals surface area contributed by atoms with Gasteiger partial charge in [-0.1, -0.05) is 29.8 Å². The number of carbonyl (C=O) groups is 1. The van der Waals surface area contributed by atoms with Crippen molar-refractivity contribution in [3.63, 3.8) is 0 Å². The predicted molar refractivity (Wildman–Crippen MR) is 96.5 cm³/mol. The normalized spacial score (nSPS) is 21.6. The van der Waals surface area contributed by atoms with E-state index in [0.29, 0.717) is 25.9 Å². The highest BCUT2D eigenvalue weighted by atomic mass is 32.2. The van der Waals surface area contributed by atoms with E-state index in [1.54, 1.807) is 4.90 Å². The van der Waals surface area contributed by atoms with Gasteiger partial charge in [-0.15, -0.1) is 0 Å². The number of hydrogen-bond acceptors (Lipinski definition) is 5. The summed E-state index contributed by atoms with van der Waals surface area (Å²) in [6.07, 6.45) is 1.09. The summed E-state index contributed by atoms with van der Waals surface area (Å²) in [5, 5.41) is 13.6. The van der Waals surface area contributed by atoms with Gasteiger partial charge in [-0.3, -0.25) is 4.79 Å². The summed E-state index contributed by atoms with van der Waals surface area (Å²) in [4.78, 5) is 14.4. The van der Waals surface area contributed by atoms with Crippen LogP contribution in [0.1, 0.15) is 24.0 Å². The van der Waals surface area contributed by atoms with E-state index in [0.717, 1.165) is 11.1 Å². The van der Waals surface area contributed by atoms with Crippen molar-refractivity contribution in [3.05, 3.63) is 35.4 Å². The van der Waals surface area contributed by atoms with E-state index in [1.165, 1.54) is 7.05 Å². The van der Waals surface area contributed by atoms with Gasteiger partial charge in [-0.25, -0.2) is 13.1 Å². The molecule has 0 saturated carbocycles. The molecule has 1 amide bonds. The number of hydrogen-bond donors (Lipinski definition) is 3. The smallest absolute Gasteiger partial charge is 0.256 e. The van der Waals surface area contributed by atoms with E-state index >= 15 is 0 Å². The highest BCUT2D eigenvalue weighted by molar-refractivity contribution is 7.89. The van der Waals surface area contributed by atoms with E-state index in [2.05, 4.69) is 10.0 Å². The molecule has 1 unspecified atom stereocenters. The maximum atomic E-state index is 12.7. The molecule has 0 aliphatic carbocycles. The fourth-order valence-corrected chi connectivity index (χ4v) is 3.63. The molecule has 1 aliphatic rings. The largest absolute Gasteiger partial charge is 0.379 e. The molecule has 1 aromatic rings. The molecule has 140 valence electrons. The van der Waals surface area contributed by atoms with Gasteiger partial charge in [0.25, 0.3) is 5.91 Å². The van der Waals surface area contributed by atoms with Crippen LogP contribution in [0.5, 0.6) is 0 Å². The number of sulfonamides is 1. The molecule has 7 nitrogen and oxygen atoms in total. The lowest BCUT2D eigenvalue weighted by Gasteiger charge is -2.38. The van der Waals surface area contributed by atoms with Crippen molar-refractivity contribution in [2.75, 3.05) is 32.4 Å². The lowest BCUT2D eigenvalue weighted by molar-refractivity contribution is -0.157. The SMILES string of the molecule is CNS(=O)(=O)CCNCC1(O)CCCN(Cc2cccc(C)c2)C1=O. The van der Waals surface area contributed by atoms with Crippen LogP contribution in [0.3, 0.4) is 0 Å². The van der Waals surface area contributed by atoms with Crippen LogP contribution in [-0.2, 0) is 21.4 Å². The maximum Gasteiger partial charge on any atom is 0.256 e. The summed E-state index contributed by atoms with van der Waals surface area (Å²) in [5.41, 5.74) is 0.682. The Labute approximate surface area is 149 Å². The molecule has 1 fully saturated rings. The Morgan fingerprint density at radius 2 is 2.12 bits per heavy atom. The Morgan fingerprint density at radius 1 is 1.36 bits per heavy atom. The van der Waals surface area contributed by atoms with E-state index in [-0.39, 0.29) is 24.7 Å². The Hall–Kier alpha value is -1.48. The zero-order valence-electron chi connectivity index (χ0n) is 14.8. The van der Waals surface area contributed by atoms with Gasteiger partial charge in [0.1, 0.15) is 0 Å². The summed E-state index contributed by atoms with van der Waals surface area (Å²) >= 11 is 0. The Balaban J connectivity index is 1.93. The zero-order valence-corrected chi connectivity index (χ0v) is 15.6. The van der Waals surface area contributed by atoms with Gasteiger partial charge in [-0.2, -0.15) is 0 Å². The number of piperidine rings is 1. The monoisotopic (exact) mass is 369 g/mol. The number of rotatable bonds is 8. The fraction of sp³-hybridized carbons (Fsp3) is 0.588. The van der Waals surface area contributed by atoms with E-state index in [9.17, 15) is 18.3 Å². The summed E-state index contributed by atoms with van der Waals surface area (Å²) in [6, 6.07) is 7.95. The number of nitrogens with zero attached hydrogens (tertiary/aromatic N) is 1. The van der Waals surface area contributed by atoms with Crippen molar-refractivity contribution in [3.8, 4) is 0 Å². The van der Waals surface area contributed by atoms with Gasteiger partial charge in [0, 0.05) is 26.2 Å². The van der Waals surface area contributed by atoms with Crippen LogP contribution in [0, 0.1) is 6.92 Å². The predicted octanol–water partition coefficient (Wildman–Crippen LogP) is -0.0127. The molecular formula is C17H27N3O4S. The Morgan fingerprint density at radius 3 is 2.80 bits per heavy atom. The van der Waals surface area contributed by atoms with Crippen molar-refractivity contribution in [1.29, 1.82) is 0 Å². The number of likely N-dealkylation sites (tertiary alicyclic amines) is 1. The molecule has 1 saturated heterocycles. The number of amides is 1. The first-order valence-corrected chi connectivity index (χ1v) is 10.1. The minimum absolute atomic E-state index is 0.0510. The number of carbonyl (C=O) groups excluding carboxylic acids is 1. The number of aryl methyl sites for hydroxylation is 1. The first kappa shape index (κ1) is 19.8. The van der Waals surface area contributed by atoms with Gasteiger partial charge < -0.3 is 15.3 Å². The average molecular weight is 369 g/mol. The molecule has 3 N–H and O–H groups in total. The number of benzene rings is 1. The number of aliphatic hydroxyl groups is 1. The minimum atomic E-state index is -3.30. The molecule has 1 atom stereocenters. The molecule has 1 aliphatic heterocycles. The Bertz CT molecular complexity index is 708. The third-order valence-electron chi connectivity index (χ3n) is 4.44. The van der Waals surface area contributed by atoms with Crippen molar-refractivity contribution >= 4 is 15.9 Å². The molecule has 1 heterocycles. The van der Waals surface area contributed by atoms with Gasteiger partial charge in [0.15, 0.2) is 5.60 Å². The second-order valence-corrected chi connectivity index (χ2v) is 8.60. The molecule has 1 aromatic carbocycles. The fourth-order valence-electron chi connectivity index (χ4n) is 3.01. The third kappa shape index (κ3) is 5.50. The lowest BCUT2D eigenvalue weighted by Crippen LogP contribution is -2.58. The van der Waals surface area contributed by atoms with Crippen molar-refractivity contribution < 1.29 is 18.3 Å². The van der Waals surface area contributed by atoms with Crippen molar-refractivity contribution in [2.45, 2.75) is 31.9 Å². The van der Waals surface area contributed by atoms with Gasteiger partial charge >= 0.3 is 0 Å². The standard InChI is InChI=1S/C17H27N3O4S/c1-14-5-3-6-15(11-14)12-20-9-4-7-17(22,16(20)21)13-19-8-10-25(23,24)18-2/h3,5-6,11,18-19,22H,4,7-10,12-13H2,1-2H3. The van der Waals surface area contributed by atoms with Crippen molar-refractivity contribution in [1.82, 2.24) is 14.9 Å². The molecule has 25 heavy (non-hydrogen) atoms. The minimum Gasteiger partial charge on any atom is -0.379 e. The van der Waals surface area contributed by atoms with E-state index in [4.69, 9.17) is 0 Å². The first-order valence-electron chi connectivity index (χ1n) is 8.45. The van der Waals surface area contributed by atoms with E-state index < -0.39 is 15.6 Å². The first-order chi connectivity index (χ1) is 11.8. The highest BCUT2D eigenvalue weighted by Gasteiger charge is 2.41. The molecule has 2 rings (SSSR count). The van der Waals surface area contributed by atoms with Gasteiger partial charge in [0.2, 0.25) is 10.0 Å². The summed E-state index contributed by atoms with van der Waals surface area (Å²) < 4.78 is 25.0. The topological polar surface area (TPSA) is 98.7 Å². The second-order valence-electron chi connectivity index (χ2n) is 6.55. The lowest BCUT2D eigenvalue weighted by atomic mass is 9.91. The second kappa shape index (κ2) is 8.27. The van der Waals surface area contributed by atoms with Crippen LogP contribution in [0.4, 0.5) is 0 Å². The van der Waals surface area contributed by atoms with Crippen LogP contribution in [0.25, 0.3) is 0 Å². The van der Waals surface area contributed by atoms with Crippen molar-refractivity contribution in [2.24, 2.45) is 0 Å². The Kier molecular flexibility index (Phi) is 6.56. The summed E-state index contributed by atoms with van der Waals surface area (Å²) in [6.45, 7) is 3.31. The highest BCUT2D eigenvalue weighted by Crippen LogP contribution is 2.24. The zero-order chi connectivity index (χ0) is 18.5. The molecule has 0 bridgehead atoms. The summed E-state index contributed by atoms with van der Waals surface area (Å²) in [7, 11) is -1.94. The van der Waals surface area contributed by atoms with Crippen LogP contribution in [0.2, 0.25) is 0 Å². The third-order valence-corrected chi connectivity index (χ3v) is 5.80. The van der Waals surface area contributed by atoms with Crippen LogP contribution < -0.4 is 10.0 Å². The van der Waals surface area contributed by atoms with Gasteiger partial charge in [0.05, 0.1) is 5.75 Å². The molecule has 0 radical (unpaired) electrons. The van der Waals surface area contributed by atoms with Gasteiger partial charge in [-0.05, 0) is 32.4 Å². The quantitative estimate of drug-likeness (QED) is 0.560. The maximum absolute atomic E-state index is 12.7. The molecule has 0 spiro atoms. The number of nitrogens with one attached hydrogen (secondary N) is 2. The average Bonchev–Trinajstić information content (AvgIpc) is 2.56. The molecule has 0 aromatic heterocycles. The molecular weight excluding hydrogens is 342 g/mol. The van der Waals surface area contributed by atoms with Crippen LogP contribution in [0.15, 0.2) is 24.3 Å². The van der Waals surface area contributed by atoms with Crippen LogP contribution >= 0.6 is 0 Å².